The Labute approximate surface area is 163 Å². The van der Waals surface area contributed by atoms with Crippen LogP contribution in [0.2, 0.25) is 5.02 Å². The first-order chi connectivity index (χ1) is 13.0. The van der Waals surface area contributed by atoms with E-state index in [1.165, 1.54) is 0 Å². The SMILES string of the molecule is C=CCOc1ccccc1NC(=O)c1cccc(-n2nc(C)c(Cl)c2C)c1. The van der Waals surface area contributed by atoms with Crippen molar-refractivity contribution in [3.8, 4) is 11.4 Å². The summed E-state index contributed by atoms with van der Waals surface area (Å²) in [6.45, 7) is 7.74. The second kappa shape index (κ2) is 8.10. The Hall–Kier alpha value is -3.05. The average Bonchev–Trinajstić information content (AvgIpc) is 2.95. The zero-order valence-corrected chi connectivity index (χ0v) is 16.0. The Kier molecular flexibility index (Phi) is 5.62. The van der Waals surface area contributed by atoms with Crippen molar-refractivity contribution < 1.29 is 9.53 Å². The number of carbonyl (C=O) groups excluding carboxylic acids is 1. The Morgan fingerprint density at radius 1 is 1.26 bits per heavy atom. The van der Waals surface area contributed by atoms with Crippen molar-refractivity contribution in [3.63, 3.8) is 0 Å². The van der Waals surface area contributed by atoms with Crippen molar-refractivity contribution in [2.24, 2.45) is 0 Å². The zero-order chi connectivity index (χ0) is 19.4. The van der Waals surface area contributed by atoms with E-state index < -0.39 is 0 Å². The van der Waals surface area contributed by atoms with Gasteiger partial charge in [-0.3, -0.25) is 4.79 Å². The first-order valence-electron chi connectivity index (χ1n) is 8.47. The van der Waals surface area contributed by atoms with Crippen molar-refractivity contribution in [1.82, 2.24) is 9.78 Å². The summed E-state index contributed by atoms with van der Waals surface area (Å²) in [7, 11) is 0. The normalized spacial score (nSPS) is 10.5. The predicted octanol–water partition coefficient (Wildman–Crippen LogP) is 4.96. The molecule has 0 unspecified atom stereocenters. The minimum atomic E-state index is -0.237. The quantitative estimate of drug-likeness (QED) is 0.614. The van der Waals surface area contributed by atoms with E-state index >= 15 is 0 Å². The molecule has 1 heterocycles. The lowest BCUT2D eigenvalue weighted by atomic mass is 10.1. The molecule has 0 spiro atoms. The molecule has 0 aliphatic carbocycles. The topological polar surface area (TPSA) is 56.1 Å². The summed E-state index contributed by atoms with van der Waals surface area (Å²) < 4.78 is 7.32. The maximum atomic E-state index is 12.7. The van der Waals surface area contributed by atoms with Crippen LogP contribution in [0.3, 0.4) is 0 Å². The summed E-state index contributed by atoms with van der Waals surface area (Å²) in [4.78, 5) is 12.7. The van der Waals surface area contributed by atoms with Gasteiger partial charge in [0.2, 0.25) is 0 Å². The second-order valence-electron chi connectivity index (χ2n) is 6.00. The van der Waals surface area contributed by atoms with E-state index in [1.54, 1.807) is 35.0 Å². The minimum absolute atomic E-state index is 0.237. The van der Waals surface area contributed by atoms with Crippen LogP contribution in [0.15, 0.2) is 61.2 Å². The maximum Gasteiger partial charge on any atom is 0.255 e. The van der Waals surface area contributed by atoms with Gasteiger partial charge in [-0.2, -0.15) is 5.10 Å². The predicted molar refractivity (Wildman–Crippen MR) is 108 cm³/mol. The van der Waals surface area contributed by atoms with E-state index in [4.69, 9.17) is 16.3 Å². The summed E-state index contributed by atoms with van der Waals surface area (Å²) in [5.41, 5.74) is 3.46. The smallest absolute Gasteiger partial charge is 0.255 e. The highest BCUT2D eigenvalue weighted by molar-refractivity contribution is 6.31. The van der Waals surface area contributed by atoms with E-state index in [0.717, 1.165) is 17.1 Å². The van der Waals surface area contributed by atoms with Crippen LogP contribution >= 0.6 is 11.6 Å². The molecule has 5 nitrogen and oxygen atoms in total. The molecule has 0 atom stereocenters. The number of anilines is 1. The van der Waals surface area contributed by atoms with E-state index in [9.17, 15) is 4.79 Å². The second-order valence-corrected chi connectivity index (χ2v) is 6.37. The van der Waals surface area contributed by atoms with Gasteiger partial charge in [-0.05, 0) is 44.2 Å². The molecular weight excluding hydrogens is 362 g/mol. The number of nitrogens with one attached hydrogen (secondary N) is 1. The number of hydrogen-bond acceptors (Lipinski definition) is 3. The van der Waals surface area contributed by atoms with Crippen molar-refractivity contribution in [2.75, 3.05) is 11.9 Å². The number of carbonyl (C=O) groups is 1. The monoisotopic (exact) mass is 381 g/mol. The van der Waals surface area contributed by atoms with Crippen LogP contribution in [0, 0.1) is 13.8 Å². The third-order valence-electron chi connectivity index (χ3n) is 4.05. The van der Waals surface area contributed by atoms with Gasteiger partial charge in [0.05, 0.1) is 27.8 Å². The maximum absolute atomic E-state index is 12.7. The minimum Gasteiger partial charge on any atom is -0.487 e. The van der Waals surface area contributed by atoms with Crippen molar-refractivity contribution in [3.05, 3.63) is 83.2 Å². The molecule has 0 fully saturated rings. The summed E-state index contributed by atoms with van der Waals surface area (Å²) in [6, 6.07) is 14.5. The first kappa shape index (κ1) is 18.7. The van der Waals surface area contributed by atoms with Gasteiger partial charge in [-0.1, -0.05) is 42.5 Å². The molecule has 0 bridgehead atoms. The van der Waals surface area contributed by atoms with Crippen LogP contribution in [-0.4, -0.2) is 22.3 Å². The average molecular weight is 382 g/mol. The summed E-state index contributed by atoms with van der Waals surface area (Å²) in [6.07, 6.45) is 1.65. The number of ether oxygens (including phenoxy) is 1. The fraction of sp³-hybridized carbons (Fsp3) is 0.143. The highest BCUT2D eigenvalue weighted by Crippen LogP contribution is 2.25. The van der Waals surface area contributed by atoms with E-state index in [0.29, 0.717) is 28.6 Å². The molecule has 0 aliphatic rings. The molecule has 6 heteroatoms. The molecule has 1 N–H and O–H groups in total. The number of nitrogens with zero attached hydrogens (tertiary/aromatic N) is 2. The highest BCUT2D eigenvalue weighted by Gasteiger charge is 2.14. The van der Waals surface area contributed by atoms with Gasteiger partial charge >= 0.3 is 0 Å². The molecule has 2 aromatic carbocycles. The third-order valence-corrected chi connectivity index (χ3v) is 4.59. The van der Waals surface area contributed by atoms with Crippen LogP contribution in [0.25, 0.3) is 5.69 Å². The largest absolute Gasteiger partial charge is 0.487 e. The lowest BCUT2D eigenvalue weighted by Gasteiger charge is -2.12. The van der Waals surface area contributed by atoms with Gasteiger partial charge in [0, 0.05) is 5.56 Å². The Balaban J connectivity index is 1.86. The van der Waals surface area contributed by atoms with Crippen molar-refractivity contribution in [1.29, 1.82) is 0 Å². The highest BCUT2D eigenvalue weighted by atomic mass is 35.5. The Morgan fingerprint density at radius 2 is 2.04 bits per heavy atom. The number of para-hydroxylation sites is 2. The molecule has 0 aliphatic heterocycles. The first-order valence-corrected chi connectivity index (χ1v) is 8.85. The molecule has 0 radical (unpaired) electrons. The summed E-state index contributed by atoms with van der Waals surface area (Å²) >= 11 is 6.23. The van der Waals surface area contributed by atoms with Crippen molar-refractivity contribution >= 4 is 23.2 Å². The van der Waals surface area contributed by atoms with E-state index in [1.807, 2.05) is 38.1 Å². The van der Waals surface area contributed by atoms with Gasteiger partial charge in [0.25, 0.3) is 5.91 Å². The van der Waals surface area contributed by atoms with Crippen molar-refractivity contribution in [2.45, 2.75) is 13.8 Å². The summed E-state index contributed by atoms with van der Waals surface area (Å²) in [5, 5.41) is 7.95. The van der Waals surface area contributed by atoms with Gasteiger partial charge in [-0.15, -0.1) is 0 Å². The fourth-order valence-electron chi connectivity index (χ4n) is 2.69. The summed E-state index contributed by atoms with van der Waals surface area (Å²) in [5.74, 6) is 0.353. The number of hydrogen-bond donors (Lipinski definition) is 1. The molecule has 1 aromatic heterocycles. The number of aryl methyl sites for hydroxylation is 1. The van der Waals surface area contributed by atoms with Crippen LogP contribution in [0.5, 0.6) is 5.75 Å². The van der Waals surface area contributed by atoms with E-state index in [-0.39, 0.29) is 5.91 Å². The number of amides is 1. The Bertz CT molecular complexity index is 995. The molecule has 3 rings (SSSR count). The lowest BCUT2D eigenvalue weighted by Crippen LogP contribution is -2.13. The van der Waals surface area contributed by atoms with Crippen LogP contribution in [0.4, 0.5) is 5.69 Å². The van der Waals surface area contributed by atoms with Gasteiger partial charge in [0.1, 0.15) is 12.4 Å². The third kappa shape index (κ3) is 4.04. The molecule has 27 heavy (non-hydrogen) atoms. The fourth-order valence-corrected chi connectivity index (χ4v) is 2.81. The zero-order valence-electron chi connectivity index (χ0n) is 15.2. The van der Waals surface area contributed by atoms with Crippen LogP contribution in [-0.2, 0) is 0 Å². The standard InChI is InChI=1S/C21H20ClN3O2/c1-4-12-27-19-11-6-5-10-18(19)23-21(26)16-8-7-9-17(13-16)25-15(3)20(22)14(2)24-25/h4-11,13H,1,12H2,2-3H3,(H,23,26). The van der Waals surface area contributed by atoms with Gasteiger partial charge < -0.3 is 10.1 Å². The molecule has 3 aromatic rings. The molecule has 0 saturated heterocycles. The van der Waals surface area contributed by atoms with E-state index in [2.05, 4.69) is 17.0 Å². The molecule has 138 valence electrons. The Morgan fingerprint density at radius 3 is 2.74 bits per heavy atom. The molecule has 1 amide bonds. The number of halogens is 1. The number of benzene rings is 2. The molecule has 0 saturated carbocycles. The van der Waals surface area contributed by atoms with Gasteiger partial charge in [0.15, 0.2) is 0 Å². The number of aromatic nitrogens is 2. The number of rotatable bonds is 6. The molecular formula is C21H20ClN3O2. The van der Waals surface area contributed by atoms with Crippen LogP contribution in [0.1, 0.15) is 21.7 Å². The lowest BCUT2D eigenvalue weighted by molar-refractivity contribution is 0.102. The van der Waals surface area contributed by atoms with Crippen LogP contribution < -0.4 is 10.1 Å². The van der Waals surface area contributed by atoms with Gasteiger partial charge in [-0.25, -0.2) is 4.68 Å².